The van der Waals surface area contributed by atoms with Crippen molar-refractivity contribution in [2.75, 3.05) is 12.9 Å². The van der Waals surface area contributed by atoms with Crippen LogP contribution in [0.3, 0.4) is 0 Å². The third kappa shape index (κ3) is 2.91. The summed E-state index contributed by atoms with van der Waals surface area (Å²) in [6.07, 6.45) is 2.46. The molecule has 0 spiro atoms. The van der Waals surface area contributed by atoms with E-state index in [2.05, 4.69) is 6.07 Å². The van der Waals surface area contributed by atoms with Crippen LogP contribution in [0, 0.1) is 16.7 Å². The van der Waals surface area contributed by atoms with Crippen LogP contribution in [0.25, 0.3) is 0 Å². The summed E-state index contributed by atoms with van der Waals surface area (Å²) >= 11 is 0. The lowest BCUT2D eigenvalue weighted by molar-refractivity contribution is 0.0691. The zero-order chi connectivity index (χ0) is 15.0. The first kappa shape index (κ1) is 14.3. The van der Waals surface area contributed by atoms with E-state index in [1.807, 2.05) is 0 Å². The lowest BCUT2D eigenvalue weighted by Gasteiger charge is -2.12. The van der Waals surface area contributed by atoms with Gasteiger partial charge in [-0.1, -0.05) is 0 Å². The highest BCUT2D eigenvalue weighted by atomic mass is 32.2. The maximum absolute atomic E-state index is 11.4. The highest BCUT2D eigenvalue weighted by Crippen LogP contribution is 2.45. The van der Waals surface area contributed by atoms with Crippen molar-refractivity contribution in [3.05, 3.63) is 23.8 Å². The summed E-state index contributed by atoms with van der Waals surface area (Å²) in [7, 11) is -3.48. The fourth-order valence-corrected chi connectivity index (χ4v) is 2.34. The molecule has 0 unspecified atom stereocenters. The fourth-order valence-electron chi connectivity index (χ4n) is 1.69. The number of ether oxygens (including phenoxy) is 1. The molecule has 1 aliphatic rings. The van der Waals surface area contributed by atoms with E-state index in [4.69, 9.17) is 15.1 Å². The van der Waals surface area contributed by atoms with Gasteiger partial charge in [0.25, 0.3) is 0 Å². The molecule has 7 heteroatoms. The van der Waals surface area contributed by atoms with Crippen molar-refractivity contribution < 1.29 is 23.1 Å². The lowest BCUT2D eigenvalue weighted by atomic mass is 10.1. The molecule has 0 aliphatic heterocycles. The van der Waals surface area contributed by atoms with Gasteiger partial charge in [-0.3, -0.25) is 0 Å². The zero-order valence-corrected chi connectivity index (χ0v) is 11.6. The van der Waals surface area contributed by atoms with Gasteiger partial charge in [-0.25, -0.2) is 13.2 Å². The average molecular weight is 295 g/mol. The summed E-state index contributed by atoms with van der Waals surface area (Å²) in [5.74, 6) is -1.20. The molecule has 2 rings (SSSR count). The molecular formula is C13H13NO5S. The van der Waals surface area contributed by atoms with Gasteiger partial charge in [-0.05, 0) is 31.0 Å². The van der Waals surface area contributed by atoms with Crippen LogP contribution in [-0.2, 0) is 9.84 Å². The third-order valence-electron chi connectivity index (χ3n) is 3.20. The Balaban J connectivity index is 2.29. The number of rotatable bonds is 5. The van der Waals surface area contributed by atoms with Gasteiger partial charge in [-0.15, -0.1) is 0 Å². The molecular weight excluding hydrogens is 282 g/mol. The van der Waals surface area contributed by atoms with Crippen LogP contribution >= 0.6 is 0 Å². The quantitative estimate of drug-likeness (QED) is 0.882. The van der Waals surface area contributed by atoms with E-state index in [0.717, 1.165) is 25.2 Å². The molecule has 1 aromatic carbocycles. The van der Waals surface area contributed by atoms with Crippen molar-refractivity contribution in [3.63, 3.8) is 0 Å². The van der Waals surface area contributed by atoms with Crippen molar-refractivity contribution in [1.82, 2.24) is 0 Å². The summed E-state index contributed by atoms with van der Waals surface area (Å²) in [6, 6.07) is 5.81. The van der Waals surface area contributed by atoms with Gasteiger partial charge in [0.15, 0.2) is 9.84 Å². The molecule has 0 aromatic heterocycles. The van der Waals surface area contributed by atoms with Gasteiger partial charge < -0.3 is 9.84 Å². The minimum absolute atomic E-state index is 0.0754. The van der Waals surface area contributed by atoms with E-state index in [9.17, 15) is 13.2 Å². The number of carboxylic acid groups (broad SMARTS) is 1. The Labute approximate surface area is 116 Å². The van der Waals surface area contributed by atoms with Gasteiger partial charge in [0.1, 0.15) is 17.9 Å². The van der Waals surface area contributed by atoms with Crippen LogP contribution in [0.15, 0.2) is 23.1 Å². The van der Waals surface area contributed by atoms with Crippen molar-refractivity contribution in [2.45, 2.75) is 17.7 Å². The third-order valence-corrected chi connectivity index (χ3v) is 4.31. The van der Waals surface area contributed by atoms with Crippen LogP contribution in [0.5, 0.6) is 5.75 Å². The standard InChI is InChI=1S/C13H13NO5S/c1-20(17,18)9-2-3-11(10(6-9)12(15)16)19-8-13(7-14)4-5-13/h2-3,6H,4-5,8H2,1H3,(H,15,16). The Bertz CT molecular complexity index is 698. The monoisotopic (exact) mass is 295 g/mol. The minimum atomic E-state index is -3.48. The predicted octanol–water partition coefficient (Wildman–Crippen LogP) is 1.47. The summed E-state index contributed by atoms with van der Waals surface area (Å²) in [5.41, 5.74) is -0.743. The Kier molecular flexibility index (Phi) is 3.44. The van der Waals surface area contributed by atoms with E-state index in [-0.39, 0.29) is 22.8 Å². The van der Waals surface area contributed by atoms with Crippen LogP contribution in [0.2, 0.25) is 0 Å². The average Bonchev–Trinajstić information content (AvgIpc) is 3.15. The minimum Gasteiger partial charge on any atom is -0.491 e. The van der Waals surface area contributed by atoms with E-state index in [0.29, 0.717) is 0 Å². The van der Waals surface area contributed by atoms with Crippen LogP contribution < -0.4 is 4.74 Å². The Morgan fingerprint density at radius 3 is 2.60 bits per heavy atom. The maximum Gasteiger partial charge on any atom is 0.339 e. The van der Waals surface area contributed by atoms with Gasteiger partial charge in [-0.2, -0.15) is 5.26 Å². The molecule has 0 amide bonds. The molecule has 1 saturated carbocycles. The first-order valence-corrected chi connectivity index (χ1v) is 7.78. The predicted molar refractivity (Wildman–Crippen MR) is 69.3 cm³/mol. The van der Waals surface area contributed by atoms with Gasteiger partial charge in [0, 0.05) is 6.26 Å². The molecule has 1 aromatic rings. The van der Waals surface area contributed by atoms with Crippen LogP contribution in [0.1, 0.15) is 23.2 Å². The molecule has 0 saturated heterocycles. The second-order valence-electron chi connectivity index (χ2n) is 4.92. The molecule has 1 fully saturated rings. The Hall–Kier alpha value is -2.07. The van der Waals surface area contributed by atoms with Crippen molar-refractivity contribution in [1.29, 1.82) is 5.26 Å². The van der Waals surface area contributed by atoms with E-state index in [1.165, 1.54) is 12.1 Å². The van der Waals surface area contributed by atoms with Crippen molar-refractivity contribution in [2.24, 2.45) is 5.41 Å². The molecule has 0 bridgehead atoms. The molecule has 0 heterocycles. The molecule has 1 aliphatic carbocycles. The number of carbonyl (C=O) groups is 1. The lowest BCUT2D eigenvalue weighted by Crippen LogP contribution is -2.13. The number of hydrogen-bond donors (Lipinski definition) is 1. The second kappa shape index (κ2) is 4.80. The molecule has 0 atom stereocenters. The van der Waals surface area contributed by atoms with Crippen LogP contribution in [0.4, 0.5) is 0 Å². The van der Waals surface area contributed by atoms with E-state index in [1.54, 1.807) is 0 Å². The largest absolute Gasteiger partial charge is 0.491 e. The number of nitriles is 1. The zero-order valence-electron chi connectivity index (χ0n) is 10.8. The SMILES string of the molecule is CS(=O)(=O)c1ccc(OCC2(C#N)CC2)c(C(=O)O)c1. The maximum atomic E-state index is 11.4. The number of sulfone groups is 1. The summed E-state index contributed by atoms with van der Waals surface area (Å²) in [4.78, 5) is 11.1. The number of aromatic carboxylic acids is 1. The molecule has 1 N–H and O–H groups in total. The van der Waals surface area contributed by atoms with E-state index < -0.39 is 21.2 Å². The normalized spacial score (nSPS) is 16.2. The molecule has 6 nitrogen and oxygen atoms in total. The summed E-state index contributed by atoms with van der Waals surface area (Å²) in [6.45, 7) is 0.113. The number of carboxylic acids is 1. The number of benzene rings is 1. The molecule has 0 radical (unpaired) electrons. The van der Waals surface area contributed by atoms with Gasteiger partial charge in [0.05, 0.1) is 16.4 Å². The number of nitrogens with zero attached hydrogens (tertiary/aromatic N) is 1. The highest BCUT2D eigenvalue weighted by Gasteiger charge is 2.44. The smallest absolute Gasteiger partial charge is 0.339 e. The van der Waals surface area contributed by atoms with Gasteiger partial charge >= 0.3 is 5.97 Å². The first-order valence-electron chi connectivity index (χ1n) is 5.89. The fraction of sp³-hybridized carbons (Fsp3) is 0.385. The first-order chi connectivity index (χ1) is 9.27. The number of hydrogen-bond acceptors (Lipinski definition) is 5. The van der Waals surface area contributed by atoms with Crippen LogP contribution in [-0.4, -0.2) is 32.4 Å². The molecule has 106 valence electrons. The summed E-state index contributed by atoms with van der Waals surface area (Å²) < 4.78 is 28.2. The van der Waals surface area contributed by atoms with Crippen molar-refractivity contribution >= 4 is 15.8 Å². The Morgan fingerprint density at radius 1 is 1.50 bits per heavy atom. The van der Waals surface area contributed by atoms with E-state index >= 15 is 0 Å². The second-order valence-corrected chi connectivity index (χ2v) is 6.93. The molecule has 20 heavy (non-hydrogen) atoms. The van der Waals surface area contributed by atoms with Crippen molar-refractivity contribution in [3.8, 4) is 11.8 Å². The summed E-state index contributed by atoms with van der Waals surface area (Å²) in [5, 5.41) is 18.1. The highest BCUT2D eigenvalue weighted by molar-refractivity contribution is 7.90. The van der Waals surface area contributed by atoms with Gasteiger partial charge in [0.2, 0.25) is 0 Å². The topological polar surface area (TPSA) is 104 Å². The Morgan fingerprint density at radius 2 is 2.15 bits per heavy atom.